The molecule has 3 fully saturated rings. The number of nitrogens with one attached hydrogen (secondary N) is 2. The van der Waals surface area contributed by atoms with Gasteiger partial charge in [-0.25, -0.2) is 9.97 Å². The van der Waals surface area contributed by atoms with Crippen molar-refractivity contribution in [3.8, 4) is 11.3 Å². The van der Waals surface area contributed by atoms with E-state index in [1.807, 2.05) is 25.4 Å². The molecule has 2 aliphatic carbocycles. The van der Waals surface area contributed by atoms with Gasteiger partial charge in [0.15, 0.2) is 5.65 Å². The summed E-state index contributed by atoms with van der Waals surface area (Å²) in [5.41, 5.74) is 3.50. The lowest BCUT2D eigenvalue weighted by molar-refractivity contribution is 0.0448. The van der Waals surface area contributed by atoms with Crippen molar-refractivity contribution >= 4 is 28.4 Å². The fraction of sp³-hybridized carbons (Fsp3) is 0.417. The molecule has 1 aliphatic heterocycles. The average molecular weight is 460 g/mol. The summed E-state index contributed by atoms with van der Waals surface area (Å²) in [5, 5.41) is 21.4. The Bertz CT molecular complexity index is 1430. The zero-order valence-electron chi connectivity index (χ0n) is 18.7. The molecule has 0 bridgehead atoms. The molecule has 3 aliphatic rings. The van der Waals surface area contributed by atoms with Crippen LogP contribution in [0.15, 0.2) is 36.8 Å². The summed E-state index contributed by atoms with van der Waals surface area (Å²) in [6.45, 7) is 1.60. The molecule has 0 aromatic carbocycles. The fourth-order valence-electron chi connectivity index (χ4n) is 5.47. The van der Waals surface area contributed by atoms with E-state index in [2.05, 4.69) is 37.5 Å². The Morgan fingerprint density at radius 1 is 1.24 bits per heavy atom. The SMILES string of the molecule is CNc1cc(-c2cn([C@H]3[C@@H]4COC[C@@H]43)c3ncccc23)nc2c(C(=O)N[C@@H]3CC[C@H]3O)cnn12. The topological polar surface area (TPSA) is 119 Å². The number of fused-ring (bicyclic) bond motifs is 3. The standard InChI is InChI=1S/C24H25N7O3/c1-25-20-7-18(28-23-13(8-27-31(20)23)24(33)29-17-4-5-19(17)32)14-9-30(21-15-10-34-11-16(15)21)22-12(14)3-2-6-26-22/h2-3,6-9,15-17,19,21,25,32H,4-5,10-11H2,1H3,(H,29,33)/t15-,16+,17-,19-,21+/m1/s1. The summed E-state index contributed by atoms with van der Waals surface area (Å²) in [4.78, 5) is 22.6. The van der Waals surface area contributed by atoms with Gasteiger partial charge >= 0.3 is 0 Å². The van der Waals surface area contributed by atoms with Crippen molar-refractivity contribution in [1.82, 2.24) is 29.5 Å². The Kier molecular flexibility index (Phi) is 4.25. The van der Waals surface area contributed by atoms with Gasteiger partial charge in [0.2, 0.25) is 0 Å². The molecule has 4 aromatic heterocycles. The number of ether oxygens (including phenoxy) is 1. The first-order valence-electron chi connectivity index (χ1n) is 11.7. The molecular weight excluding hydrogens is 434 g/mol. The second-order valence-corrected chi connectivity index (χ2v) is 9.48. The van der Waals surface area contributed by atoms with Crippen LogP contribution in [0.5, 0.6) is 0 Å². The minimum atomic E-state index is -0.492. The van der Waals surface area contributed by atoms with Gasteiger partial charge in [0.25, 0.3) is 5.91 Å². The molecule has 5 heterocycles. The molecule has 0 spiro atoms. The van der Waals surface area contributed by atoms with Crippen molar-refractivity contribution in [3.05, 3.63) is 42.4 Å². The molecule has 174 valence electrons. The maximum atomic E-state index is 13.0. The number of hydrogen-bond donors (Lipinski definition) is 3. The summed E-state index contributed by atoms with van der Waals surface area (Å²) < 4.78 is 9.50. The van der Waals surface area contributed by atoms with Crippen LogP contribution in [0.2, 0.25) is 0 Å². The van der Waals surface area contributed by atoms with E-state index in [1.165, 1.54) is 6.20 Å². The smallest absolute Gasteiger partial charge is 0.257 e. The van der Waals surface area contributed by atoms with E-state index in [9.17, 15) is 9.90 Å². The molecule has 10 nitrogen and oxygen atoms in total. The van der Waals surface area contributed by atoms with Gasteiger partial charge in [-0.2, -0.15) is 9.61 Å². The first-order chi connectivity index (χ1) is 16.6. The summed E-state index contributed by atoms with van der Waals surface area (Å²) in [6, 6.07) is 6.13. The van der Waals surface area contributed by atoms with Crippen LogP contribution in [0.25, 0.3) is 27.9 Å². The van der Waals surface area contributed by atoms with Crippen LogP contribution >= 0.6 is 0 Å². The third kappa shape index (κ3) is 2.82. The van der Waals surface area contributed by atoms with Crippen molar-refractivity contribution < 1.29 is 14.6 Å². The first-order valence-corrected chi connectivity index (χ1v) is 11.7. The second-order valence-electron chi connectivity index (χ2n) is 9.48. The lowest BCUT2D eigenvalue weighted by Gasteiger charge is -2.32. The van der Waals surface area contributed by atoms with Crippen molar-refractivity contribution in [3.63, 3.8) is 0 Å². The van der Waals surface area contributed by atoms with E-state index in [-0.39, 0.29) is 11.9 Å². The highest BCUT2D eigenvalue weighted by atomic mass is 16.5. The van der Waals surface area contributed by atoms with Gasteiger partial charge in [-0.05, 0) is 25.0 Å². The number of nitrogens with zero attached hydrogens (tertiary/aromatic N) is 5. The quantitative estimate of drug-likeness (QED) is 0.417. The minimum Gasteiger partial charge on any atom is -0.391 e. The molecule has 10 heteroatoms. The van der Waals surface area contributed by atoms with Crippen molar-refractivity contribution in [2.24, 2.45) is 11.8 Å². The van der Waals surface area contributed by atoms with Crippen LogP contribution in [0.1, 0.15) is 29.2 Å². The molecular formula is C24H25N7O3. The van der Waals surface area contributed by atoms with Gasteiger partial charge < -0.3 is 25.0 Å². The van der Waals surface area contributed by atoms with Crippen LogP contribution in [0, 0.1) is 11.8 Å². The predicted octanol–water partition coefficient (Wildman–Crippen LogP) is 1.86. The normalized spacial score (nSPS) is 27.5. The molecule has 1 saturated heterocycles. The summed E-state index contributed by atoms with van der Waals surface area (Å²) in [6.07, 6.45) is 6.48. The Hall–Kier alpha value is -3.50. The number of aromatic nitrogens is 5. The molecule has 0 unspecified atom stereocenters. The number of carbonyl (C=O) groups is 1. The van der Waals surface area contributed by atoms with Gasteiger partial charge in [-0.15, -0.1) is 0 Å². The third-order valence-electron chi connectivity index (χ3n) is 7.62. The monoisotopic (exact) mass is 459 g/mol. The number of aliphatic hydroxyl groups excluding tert-OH is 1. The largest absolute Gasteiger partial charge is 0.391 e. The molecule has 1 amide bonds. The van der Waals surface area contributed by atoms with E-state index in [1.54, 1.807) is 4.52 Å². The lowest BCUT2D eigenvalue weighted by atomic mass is 9.89. The van der Waals surface area contributed by atoms with E-state index in [0.29, 0.717) is 35.5 Å². The summed E-state index contributed by atoms with van der Waals surface area (Å²) in [5.74, 6) is 1.53. The van der Waals surface area contributed by atoms with Gasteiger partial charge in [0.1, 0.15) is 17.0 Å². The van der Waals surface area contributed by atoms with Crippen LogP contribution in [-0.4, -0.2) is 67.6 Å². The van der Waals surface area contributed by atoms with E-state index in [4.69, 9.17) is 9.72 Å². The molecule has 34 heavy (non-hydrogen) atoms. The zero-order valence-corrected chi connectivity index (χ0v) is 18.7. The molecule has 5 atom stereocenters. The molecule has 2 saturated carbocycles. The summed E-state index contributed by atoms with van der Waals surface area (Å²) >= 11 is 0. The predicted molar refractivity (Wildman–Crippen MR) is 125 cm³/mol. The average Bonchev–Trinajstić information content (AvgIpc) is 3.28. The van der Waals surface area contributed by atoms with E-state index in [0.717, 1.165) is 47.7 Å². The third-order valence-corrected chi connectivity index (χ3v) is 7.62. The Balaban J connectivity index is 1.34. The van der Waals surface area contributed by atoms with Crippen LogP contribution < -0.4 is 10.6 Å². The van der Waals surface area contributed by atoms with Gasteiger partial charge in [-0.3, -0.25) is 4.79 Å². The number of carbonyl (C=O) groups excluding carboxylic acids is 1. The number of aliphatic hydroxyl groups is 1. The van der Waals surface area contributed by atoms with Gasteiger partial charge in [0.05, 0.1) is 37.3 Å². The number of anilines is 1. The minimum absolute atomic E-state index is 0.222. The second kappa shape index (κ2) is 7.25. The highest BCUT2D eigenvalue weighted by molar-refractivity contribution is 6.01. The highest BCUT2D eigenvalue weighted by Crippen LogP contribution is 2.55. The lowest BCUT2D eigenvalue weighted by Crippen LogP contribution is -2.50. The maximum absolute atomic E-state index is 13.0. The van der Waals surface area contributed by atoms with Crippen LogP contribution in [0.3, 0.4) is 0 Å². The number of rotatable bonds is 5. The maximum Gasteiger partial charge on any atom is 0.257 e. The van der Waals surface area contributed by atoms with Crippen molar-refractivity contribution in [2.75, 3.05) is 25.6 Å². The van der Waals surface area contributed by atoms with Crippen molar-refractivity contribution in [2.45, 2.75) is 31.0 Å². The van der Waals surface area contributed by atoms with E-state index < -0.39 is 6.10 Å². The van der Waals surface area contributed by atoms with Gasteiger partial charge in [-0.1, -0.05) is 0 Å². The highest BCUT2D eigenvalue weighted by Gasteiger charge is 2.55. The molecule has 4 aromatic rings. The Morgan fingerprint density at radius 3 is 2.82 bits per heavy atom. The first kappa shape index (κ1) is 19.9. The van der Waals surface area contributed by atoms with E-state index >= 15 is 0 Å². The molecule has 0 radical (unpaired) electrons. The Morgan fingerprint density at radius 2 is 2.09 bits per heavy atom. The molecule has 7 rings (SSSR count). The van der Waals surface area contributed by atoms with Crippen LogP contribution in [0.4, 0.5) is 5.82 Å². The number of hydrogen-bond acceptors (Lipinski definition) is 7. The van der Waals surface area contributed by atoms with Crippen molar-refractivity contribution in [1.29, 1.82) is 0 Å². The number of pyridine rings is 1. The van der Waals surface area contributed by atoms with Crippen LogP contribution in [-0.2, 0) is 4.74 Å². The fourth-order valence-corrected chi connectivity index (χ4v) is 5.47. The zero-order chi connectivity index (χ0) is 23.0. The molecule has 3 N–H and O–H groups in total. The number of amides is 1. The summed E-state index contributed by atoms with van der Waals surface area (Å²) in [7, 11) is 1.82. The Labute approximate surface area is 195 Å². The van der Waals surface area contributed by atoms with Gasteiger partial charge in [0, 0.05) is 54.3 Å².